The second-order valence-corrected chi connectivity index (χ2v) is 6.43. The Bertz CT molecular complexity index is 864. The van der Waals surface area contributed by atoms with E-state index < -0.39 is 0 Å². The van der Waals surface area contributed by atoms with Crippen molar-refractivity contribution in [3.05, 3.63) is 72.3 Å². The molecule has 0 N–H and O–H groups in total. The third-order valence-corrected chi connectivity index (χ3v) is 4.67. The van der Waals surface area contributed by atoms with Crippen molar-refractivity contribution in [3.8, 4) is 0 Å². The predicted molar refractivity (Wildman–Crippen MR) is 95.5 cm³/mol. The second kappa shape index (κ2) is 7.43. The third-order valence-electron chi connectivity index (χ3n) is 4.67. The first kappa shape index (κ1) is 16.4. The number of imidazole rings is 1. The Morgan fingerprint density at radius 2 is 2.08 bits per heavy atom. The molecule has 0 saturated carbocycles. The van der Waals surface area contributed by atoms with Gasteiger partial charge in [0.25, 0.3) is 5.91 Å². The van der Waals surface area contributed by atoms with Crippen LogP contribution in [0.2, 0.25) is 0 Å². The molecule has 7 heteroatoms. The van der Waals surface area contributed by atoms with E-state index in [2.05, 4.69) is 24.7 Å². The molecule has 1 fully saturated rings. The molecule has 26 heavy (non-hydrogen) atoms. The number of piperidine rings is 1. The monoisotopic (exact) mass is 348 g/mol. The van der Waals surface area contributed by atoms with Crippen molar-refractivity contribution in [2.45, 2.75) is 25.3 Å². The lowest BCUT2D eigenvalue weighted by Crippen LogP contribution is -2.40. The number of hydrogen-bond donors (Lipinski definition) is 0. The molecular formula is C19H20N6O. The van der Waals surface area contributed by atoms with E-state index in [0.29, 0.717) is 18.8 Å². The fourth-order valence-corrected chi connectivity index (χ4v) is 3.43. The fraction of sp³-hybridized carbons (Fsp3) is 0.316. The molecule has 4 rings (SSSR count). The summed E-state index contributed by atoms with van der Waals surface area (Å²) in [7, 11) is 0. The molecule has 1 saturated heterocycles. The van der Waals surface area contributed by atoms with Crippen LogP contribution in [0.5, 0.6) is 0 Å². The Balaban J connectivity index is 1.50. The fourth-order valence-electron chi connectivity index (χ4n) is 3.43. The smallest absolute Gasteiger partial charge is 0.274 e. The summed E-state index contributed by atoms with van der Waals surface area (Å²) < 4.78 is 2.13. The van der Waals surface area contributed by atoms with Gasteiger partial charge >= 0.3 is 0 Å². The molecule has 7 nitrogen and oxygen atoms in total. The van der Waals surface area contributed by atoms with E-state index in [1.807, 2.05) is 35.5 Å². The summed E-state index contributed by atoms with van der Waals surface area (Å²) in [6.07, 6.45) is 9.14. The maximum atomic E-state index is 12.7. The van der Waals surface area contributed by atoms with Gasteiger partial charge in [0.15, 0.2) is 5.69 Å². The van der Waals surface area contributed by atoms with Crippen molar-refractivity contribution in [2.75, 3.05) is 13.1 Å². The van der Waals surface area contributed by atoms with E-state index in [1.54, 1.807) is 24.5 Å². The maximum Gasteiger partial charge on any atom is 0.274 e. The molecular weight excluding hydrogens is 328 g/mol. The lowest BCUT2D eigenvalue weighted by atomic mass is 9.96. The molecule has 3 aromatic heterocycles. The quantitative estimate of drug-likeness (QED) is 0.722. The van der Waals surface area contributed by atoms with Crippen molar-refractivity contribution in [1.82, 2.24) is 29.6 Å². The topological polar surface area (TPSA) is 76.8 Å². The van der Waals surface area contributed by atoms with Gasteiger partial charge in [0.05, 0.1) is 12.2 Å². The third kappa shape index (κ3) is 3.46. The SMILES string of the molecule is O=C(c1cccnn1)N1CCCC(c2nccn2Cc2ccccn2)C1. The highest BCUT2D eigenvalue weighted by Gasteiger charge is 2.28. The Morgan fingerprint density at radius 1 is 1.12 bits per heavy atom. The number of carbonyl (C=O) groups excluding carboxylic acids is 1. The van der Waals surface area contributed by atoms with E-state index in [9.17, 15) is 4.79 Å². The minimum absolute atomic E-state index is 0.0642. The van der Waals surface area contributed by atoms with Crippen LogP contribution in [-0.2, 0) is 6.54 Å². The summed E-state index contributed by atoms with van der Waals surface area (Å²) in [6.45, 7) is 2.08. The lowest BCUT2D eigenvalue weighted by molar-refractivity contribution is 0.0696. The van der Waals surface area contributed by atoms with Crippen molar-refractivity contribution < 1.29 is 4.79 Å². The summed E-state index contributed by atoms with van der Waals surface area (Å²) in [4.78, 5) is 23.5. The summed E-state index contributed by atoms with van der Waals surface area (Å²) >= 11 is 0. The van der Waals surface area contributed by atoms with E-state index in [-0.39, 0.29) is 11.8 Å². The van der Waals surface area contributed by atoms with Crippen LogP contribution in [0.1, 0.15) is 40.8 Å². The predicted octanol–water partition coefficient (Wildman–Crippen LogP) is 2.14. The van der Waals surface area contributed by atoms with E-state index in [1.165, 1.54) is 0 Å². The number of nitrogens with zero attached hydrogens (tertiary/aromatic N) is 6. The molecule has 4 heterocycles. The number of aromatic nitrogens is 5. The number of hydrogen-bond acceptors (Lipinski definition) is 5. The standard InChI is InChI=1S/C19H20N6O/c26-19(17-7-3-9-22-23-17)25-11-4-5-15(13-25)18-21-10-12-24(18)14-16-6-1-2-8-20-16/h1-3,6-10,12,15H,4-5,11,13-14H2. The van der Waals surface area contributed by atoms with Crippen LogP contribution in [0, 0.1) is 0 Å². The van der Waals surface area contributed by atoms with Crippen molar-refractivity contribution in [1.29, 1.82) is 0 Å². The van der Waals surface area contributed by atoms with Gasteiger partial charge in [-0.15, -0.1) is 5.10 Å². The molecule has 3 aromatic rings. The maximum absolute atomic E-state index is 12.7. The van der Waals surface area contributed by atoms with Gasteiger partial charge in [0.1, 0.15) is 5.82 Å². The molecule has 1 atom stereocenters. The summed E-state index contributed by atoms with van der Waals surface area (Å²) in [6, 6.07) is 9.35. The van der Waals surface area contributed by atoms with Gasteiger partial charge in [-0.05, 0) is 37.1 Å². The highest BCUT2D eigenvalue weighted by Crippen LogP contribution is 2.27. The highest BCUT2D eigenvalue weighted by atomic mass is 16.2. The lowest BCUT2D eigenvalue weighted by Gasteiger charge is -2.32. The van der Waals surface area contributed by atoms with Gasteiger partial charge in [-0.25, -0.2) is 4.98 Å². The first-order valence-corrected chi connectivity index (χ1v) is 8.79. The molecule has 0 aromatic carbocycles. The van der Waals surface area contributed by atoms with Crippen LogP contribution >= 0.6 is 0 Å². The number of carbonyl (C=O) groups is 1. The van der Waals surface area contributed by atoms with Crippen LogP contribution in [-0.4, -0.2) is 48.6 Å². The molecule has 0 aliphatic carbocycles. The van der Waals surface area contributed by atoms with Gasteiger partial charge in [-0.2, -0.15) is 5.10 Å². The number of likely N-dealkylation sites (tertiary alicyclic amines) is 1. The molecule has 0 radical (unpaired) electrons. The molecule has 0 spiro atoms. The Morgan fingerprint density at radius 3 is 2.88 bits per heavy atom. The minimum atomic E-state index is -0.0642. The van der Waals surface area contributed by atoms with Crippen LogP contribution in [0.3, 0.4) is 0 Å². The van der Waals surface area contributed by atoms with Crippen molar-refractivity contribution in [3.63, 3.8) is 0 Å². The summed E-state index contributed by atoms with van der Waals surface area (Å²) in [5, 5.41) is 7.75. The largest absolute Gasteiger partial charge is 0.337 e. The van der Waals surface area contributed by atoms with Crippen LogP contribution in [0.25, 0.3) is 0 Å². The summed E-state index contributed by atoms with van der Waals surface area (Å²) in [5.74, 6) is 1.15. The average molecular weight is 348 g/mol. The van der Waals surface area contributed by atoms with Crippen molar-refractivity contribution >= 4 is 5.91 Å². The molecule has 1 aliphatic heterocycles. The van der Waals surface area contributed by atoms with Crippen LogP contribution in [0.15, 0.2) is 55.1 Å². The van der Waals surface area contributed by atoms with Crippen molar-refractivity contribution in [2.24, 2.45) is 0 Å². The zero-order valence-corrected chi connectivity index (χ0v) is 14.4. The Kier molecular flexibility index (Phi) is 4.68. The summed E-state index contributed by atoms with van der Waals surface area (Å²) in [5.41, 5.74) is 1.39. The first-order valence-electron chi connectivity index (χ1n) is 8.79. The van der Waals surface area contributed by atoms with Gasteiger partial charge in [0.2, 0.25) is 0 Å². The zero-order valence-electron chi connectivity index (χ0n) is 14.4. The normalized spacial score (nSPS) is 17.2. The molecule has 1 amide bonds. The van der Waals surface area contributed by atoms with E-state index in [0.717, 1.165) is 30.9 Å². The first-order chi connectivity index (χ1) is 12.8. The highest BCUT2D eigenvalue weighted by molar-refractivity contribution is 5.92. The zero-order chi connectivity index (χ0) is 17.8. The van der Waals surface area contributed by atoms with E-state index in [4.69, 9.17) is 0 Å². The van der Waals surface area contributed by atoms with Crippen LogP contribution < -0.4 is 0 Å². The van der Waals surface area contributed by atoms with Gasteiger partial charge in [-0.3, -0.25) is 9.78 Å². The van der Waals surface area contributed by atoms with E-state index >= 15 is 0 Å². The number of rotatable bonds is 4. The minimum Gasteiger partial charge on any atom is -0.337 e. The number of pyridine rings is 1. The van der Waals surface area contributed by atoms with Crippen LogP contribution in [0.4, 0.5) is 0 Å². The molecule has 132 valence electrons. The molecule has 0 bridgehead atoms. The number of amides is 1. The Labute approximate surface area is 151 Å². The Hall–Kier alpha value is -3.09. The molecule has 1 unspecified atom stereocenters. The average Bonchev–Trinajstić information content (AvgIpc) is 3.17. The van der Waals surface area contributed by atoms with Gasteiger partial charge < -0.3 is 9.47 Å². The second-order valence-electron chi connectivity index (χ2n) is 6.43. The molecule has 1 aliphatic rings. The van der Waals surface area contributed by atoms with Gasteiger partial charge in [0, 0.05) is 43.8 Å². The van der Waals surface area contributed by atoms with Gasteiger partial charge in [-0.1, -0.05) is 6.07 Å².